The molecule has 0 spiro atoms. The molecule has 1 aliphatic heterocycles. The molecule has 5 nitrogen and oxygen atoms in total. The van der Waals surface area contributed by atoms with Crippen molar-refractivity contribution in [1.82, 2.24) is 4.98 Å². The molecule has 43 heavy (non-hydrogen) atoms. The Morgan fingerprint density at radius 1 is 0.884 bits per heavy atom. The van der Waals surface area contributed by atoms with Crippen LogP contribution in [0.3, 0.4) is 0 Å². The predicted octanol–water partition coefficient (Wildman–Crippen LogP) is 7.95. The van der Waals surface area contributed by atoms with Crippen molar-refractivity contribution < 1.29 is 23.0 Å². The third kappa shape index (κ3) is 6.19. The van der Waals surface area contributed by atoms with Gasteiger partial charge in [-0.3, -0.25) is 4.98 Å². The summed E-state index contributed by atoms with van der Waals surface area (Å²) in [6.07, 6.45) is 3.15. The van der Waals surface area contributed by atoms with Crippen LogP contribution in [0.5, 0.6) is 5.75 Å². The number of alkyl halides is 2. The Morgan fingerprint density at radius 3 is 2.23 bits per heavy atom. The molecular formula is C36H36F2N2O3. The number of piperidine rings is 1. The number of hydrogen-bond acceptors (Lipinski definition) is 5. The molecule has 4 aromatic rings. The number of anilines is 1. The van der Waals surface area contributed by atoms with E-state index < -0.39 is 12.3 Å². The highest BCUT2D eigenvalue weighted by atomic mass is 19.3. The minimum absolute atomic E-state index is 0.0356. The zero-order chi connectivity index (χ0) is 29.8. The molecule has 0 bridgehead atoms. The van der Waals surface area contributed by atoms with Crippen molar-refractivity contribution in [2.45, 2.75) is 38.1 Å². The second kappa shape index (κ2) is 12.7. The van der Waals surface area contributed by atoms with Crippen LogP contribution in [0.1, 0.15) is 47.2 Å². The van der Waals surface area contributed by atoms with Gasteiger partial charge in [0.2, 0.25) is 0 Å². The summed E-state index contributed by atoms with van der Waals surface area (Å²) in [6.45, 7) is 2.04. The average molecular weight is 583 g/mol. The van der Waals surface area contributed by atoms with Crippen molar-refractivity contribution in [3.8, 4) is 5.75 Å². The smallest absolute Gasteiger partial charge is 0.278 e. The van der Waals surface area contributed by atoms with Crippen LogP contribution in [0.25, 0.3) is 11.1 Å². The van der Waals surface area contributed by atoms with Gasteiger partial charge in [0.1, 0.15) is 12.4 Å². The summed E-state index contributed by atoms with van der Waals surface area (Å²) in [7, 11) is 3.36. The monoisotopic (exact) mass is 582 g/mol. The van der Waals surface area contributed by atoms with Crippen LogP contribution in [0.4, 0.5) is 14.5 Å². The summed E-state index contributed by atoms with van der Waals surface area (Å²) >= 11 is 0. The normalized spacial score (nSPS) is 16.8. The van der Waals surface area contributed by atoms with Gasteiger partial charge in [0, 0.05) is 50.8 Å². The van der Waals surface area contributed by atoms with Crippen LogP contribution >= 0.6 is 0 Å². The maximum absolute atomic E-state index is 15.9. The Hall–Kier alpha value is -4.07. The molecule has 6 rings (SSSR count). The fraction of sp³-hybridized carbons (Fsp3) is 0.306. The standard InChI is InChI=1S/C36H36F2N2O3/c1-41-35(42-2)27-17-19-40(20-18-27)28-13-16-33(39-23-28)34-30-15-14-29(43-24-25-9-5-3-6-10-25)21-32(30)36(37,38)22-31(34)26-11-7-4-8-12-26/h3-16,21,23,27,35H,17-20,22,24H2,1-2H3. The Labute approximate surface area is 251 Å². The van der Waals surface area contributed by atoms with Gasteiger partial charge in [0.05, 0.1) is 17.6 Å². The lowest BCUT2D eigenvalue weighted by Gasteiger charge is -2.36. The van der Waals surface area contributed by atoms with Crippen molar-refractivity contribution >= 4 is 16.8 Å². The molecular weight excluding hydrogens is 546 g/mol. The van der Waals surface area contributed by atoms with Gasteiger partial charge in [-0.2, -0.15) is 0 Å². The highest BCUT2D eigenvalue weighted by Crippen LogP contribution is 2.51. The van der Waals surface area contributed by atoms with Gasteiger partial charge in [-0.1, -0.05) is 66.7 Å². The summed E-state index contributed by atoms with van der Waals surface area (Å²) < 4.78 is 48.6. The van der Waals surface area contributed by atoms with Crippen LogP contribution in [-0.4, -0.2) is 38.6 Å². The number of fused-ring (bicyclic) bond motifs is 1. The van der Waals surface area contributed by atoms with E-state index in [0.29, 0.717) is 35.1 Å². The van der Waals surface area contributed by atoms with E-state index in [1.165, 1.54) is 6.07 Å². The van der Waals surface area contributed by atoms with Gasteiger partial charge in [-0.15, -0.1) is 0 Å². The van der Waals surface area contributed by atoms with Crippen LogP contribution in [0.15, 0.2) is 97.2 Å². The zero-order valence-electron chi connectivity index (χ0n) is 24.5. The lowest BCUT2D eigenvalue weighted by Crippen LogP contribution is -2.39. The molecule has 0 radical (unpaired) electrons. The third-order valence-electron chi connectivity index (χ3n) is 8.48. The first-order valence-corrected chi connectivity index (χ1v) is 14.7. The fourth-order valence-corrected chi connectivity index (χ4v) is 6.25. The molecule has 0 atom stereocenters. The van der Waals surface area contributed by atoms with Crippen LogP contribution in [-0.2, 0) is 22.0 Å². The lowest BCUT2D eigenvalue weighted by molar-refractivity contribution is -0.141. The molecule has 1 saturated heterocycles. The van der Waals surface area contributed by atoms with Gasteiger partial charge in [0.15, 0.2) is 6.29 Å². The maximum atomic E-state index is 15.9. The highest BCUT2D eigenvalue weighted by Gasteiger charge is 2.42. The minimum Gasteiger partial charge on any atom is -0.489 e. The van der Waals surface area contributed by atoms with Crippen molar-refractivity contribution in [2.75, 3.05) is 32.2 Å². The molecule has 2 heterocycles. The van der Waals surface area contributed by atoms with Crippen LogP contribution < -0.4 is 9.64 Å². The van der Waals surface area contributed by atoms with E-state index in [4.69, 9.17) is 19.2 Å². The summed E-state index contributed by atoms with van der Waals surface area (Å²) in [5.41, 5.74) is 5.19. The van der Waals surface area contributed by atoms with Crippen molar-refractivity contribution in [2.24, 2.45) is 5.92 Å². The molecule has 2 aliphatic rings. The lowest BCUT2D eigenvalue weighted by atomic mass is 9.79. The van der Waals surface area contributed by atoms with Gasteiger partial charge >= 0.3 is 0 Å². The van der Waals surface area contributed by atoms with Crippen molar-refractivity contribution in [3.63, 3.8) is 0 Å². The topological polar surface area (TPSA) is 43.8 Å². The van der Waals surface area contributed by atoms with Crippen LogP contribution in [0.2, 0.25) is 0 Å². The first-order chi connectivity index (χ1) is 21.0. The number of halogens is 2. The minimum atomic E-state index is -3.07. The van der Waals surface area contributed by atoms with E-state index >= 15 is 8.78 Å². The highest BCUT2D eigenvalue weighted by molar-refractivity contribution is 6.00. The van der Waals surface area contributed by atoms with E-state index in [1.807, 2.05) is 79.0 Å². The van der Waals surface area contributed by atoms with Gasteiger partial charge < -0.3 is 19.1 Å². The van der Waals surface area contributed by atoms with Gasteiger partial charge in [-0.05, 0) is 59.4 Å². The second-order valence-corrected chi connectivity index (χ2v) is 11.1. The molecule has 0 N–H and O–H groups in total. The van der Waals surface area contributed by atoms with E-state index in [-0.39, 0.29) is 11.9 Å². The average Bonchev–Trinajstić information content (AvgIpc) is 3.05. The van der Waals surface area contributed by atoms with E-state index in [1.54, 1.807) is 26.4 Å². The van der Waals surface area contributed by atoms with E-state index in [9.17, 15) is 0 Å². The molecule has 1 fully saturated rings. The van der Waals surface area contributed by atoms with E-state index in [2.05, 4.69) is 4.90 Å². The maximum Gasteiger partial charge on any atom is 0.278 e. The summed E-state index contributed by atoms with van der Waals surface area (Å²) in [4.78, 5) is 7.17. The number of ether oxygens (including phenoxy) is 3. The van der Waals surface area contributed by atoms with E-state index in [0.717, 1.165) is 48.3 Å². The zero-order valence-corrected chi connectivity index (χ0v) is 24.5. The second-order valence-electron chi connectivity index (χ2n) is 11.1. The molecule has 0 amide bonds. The third-order valence-corrected chi connectivity index (χ3v) is 8.48. The molecule has 1 aromatic heterocycles. The summed E-state index contributed by atoms with van der Waals surface area (Å²) in [5.74, 6) is -2.30. The predicted molar refractivity (Wildman–Crippen MR) is 165 cm³/mol. The number of nitrogens with zero attached hydrogens (tertiary/aromatic N) is 2. The fourth-order valence-electron chi connectivity index (χ4n) is 6.25. The SMILES string of the molecule is COC(OC)C1CCN(c2ccc(C3=C(c4ccccc4)CC(F)(F)c4cc(OCc5ccccc5)ccc43)nc2)CC1. The Bertz CT molecular complexity index is 1550. The van der Waals surface area contributed by atoms with Gasteiger partial charge in [0.25, 0.3) is 5.92 Å². The molecule has 0 unspecified atom stereocenters. The quantitative estimate of drug-likeness (QED) is 0.187. The first-order valence-electron chi connectivity index (χ1n) is 14.7. The molecule has 1 aliphatic carbocycles. The number of allylic oxidation sites excluding steroid dienone is 1. The molecule has 3 aromatic carbocycles. The number of hydrogen-bond donors (Lipinski definition) is 0. The number of benzene rings is 3. The number of methoxy groups -OCH3 is 2. The number of pyridine rings is 1. The first kappa shape index (κ1) is 29.0. The Kier molecular flexibility index (Phi) is 8.54. The summed E-state index contributed by atoms with van der Waals surface area (Å²) in [5, 5.41) is 0. The van der Waals surface area contributed by atoms with Crippen molar-refractivity contribution in [1.29, 1.82) is 0 Å². The number of aromatic nitrogens is 1. The van der Waals surface area contributed by atoms with Crippen molar-refractivity contribution in [3.05, 3.63) is 125 Å². The van der Waals surface area contributed by atoms with Crippen LogP contribution in [0, 0.1) is 5.92 Å². The molecule has 7 heteroatoms. The molecule has 0 saturated carbocycles. The number of rotatable bonds is 9. The Balaban J connectivity index is 1.32. The largest absolute Gasteiger partial charge is 0.489 e. The molecule has 222 valence electrons. The summed E-state index contributed by atoms with van der Waals surface area (Å²) in [6, 6.07) is 28.2. The Morgan fingerprint density at radius 2 is 1.58 bits per heavy atom. The van der Waals surface area contributed by atoms with Gasteiger partial charge in [-0.25, -0.2) is 8.78 Å².